The Hall–Kier alpha value is -1.20. The van der Waals surface area contributed by atoms with E-state index in [1.165, 1.54) is 11.0 Å². The van der Waals surface area contributed by atoms with Gasteiger partial charge in [-0.1, -0.05) is 6.07 Å². The fourth-order valence-corrected chi connectivity index (χ4v) is 2.26. The SMILES string of the molecule is CC(N)C1CCN(C(=O)c2c(F)cccc2F)C1.Cl. The van der Waals surface area contributed by atoms with Gasteiger partial charge in [0.1, 0.15) is 17.2 Å². The van der Waals surface area contributed by atoms with Crippen molar-refractivity contribution >= 4 is 18.3 Å². The first-order chi connectivity index (χ1) is 8.50. The molecule has 1 heterocycles. The summed E-state index contributed by atoms with van der Waals surface area (Å²) in [5, 5.41) is 0. The van der Waals surface area contributed by atoms with Crippen LogP contribution in [0, 0.1) is 17.6 Å². The van der Waals surface area contributed by atoms with Crippen molar-refractivity contribution in [1.82, 2.24) is 4.90 Å². The van der Waals surface area contributed by atoms with Gasteiger partial charge >= 0.3 is 0 Å². The summed E-state index contributed by atoms with van der Waals surface area (Å²) in [6, 6.07) is 3.41. The zero-order chi connectivity index (χ0) is 13.3. The molecule has 0 spiro atoms. The molecule has 106 valence electrons. The molecule has 1 aliphatic rings. The van der Waals surface area contributed by atoms with Crippen LogP contribution in [0.5, 0.6) is 0 Å². The van der Waals surface area contributed by atoms with Crippen molar-refractivity contribution < 1.29 is 13.6 Å². The van der Waals surface area contributed by atoms with Crippen LogP contribution in [0.25, 0.3) is 0 Å². The molecule has 2 atom stereocenters. The maximum Gasteiger partial charge on any atom is 0.259 e. The van der Waals surface area contributed by atoms with Crippen LogP contribution in [0.2, 0.25) is 0 Å². The molecule has 19 heavy (non-hydrogen) atoms. The Bertz CT molecular complexity index is 448. The number of nitrogens with zero attached hydrogens (tertiary/aromatic N) is 1. The van der Waals surface area contributed by atoms with Crippen LogP contribution in [-0.4, -0.2) is 29.9 Å². The standard InChI is InChI=1S/C13H16F2N2O.ClH/c1-8(16)9-5-6-17(7-9)13(18)12-10(14)3-2-4-11(12)15;/h2-4,8-9H,5-7,16H2,1H3;1H. The van der Waals surface area contributed by atoms with Crippen LogP contribution in [0.3, 0.4) is 0 Å². The molecule has 0 aliphatic carbocycles. The van der Waals surface area contributed by atoms with Gasteiger partial charge in [0.15, 0.2) is 0 Å². The summed E-state index contributed by atoms with van der Waals surface area (Å²) in [6.07, 6.45) is 0.777. The lowest BCUT2D eigenvalue weighted by Gasteiger charge is -2.18. The summed E-state index contributed by atoms with van der Waals surface area (Å²) < 4.78 is 27.0. The predicted octanol–water partition coefficient (Wildman–Crippen LogP) is 2.20. The molecule has 1 amide bonds. The van der Waals surface area contributed by atoms with Gasteiger partial charge in [0.2, 0.25) is 0 Å². The van der Waals surface area contributed by atoms with E-state index < -0.39 is 23.1 Å². The number of carbonyl (C=O) groups excluding carboxylic acids is 1. The van der Waals surface area contributed by atoms with E-state index in [0.717, 1.165) is 18.6 Å². The monoisotopic (exact) mass is 290 g/mol. The molecule has 2 rings (SSSR count). The third-order valence-electron chi connectivity index (χ3n) is 3.43. The van der Waals surface area contributed by atoms with Gasteiger partial charge < -0.3 is 10.6 Å². The van der Waals surface area contributed by atoms with Gasteiger partial charge in [0.05, 0.1) is 0 Å². The molecule has 1 aromatic carbocycles. The summed E-state index contributed by atoms with van der Waals surface area (Å²) in [5.41, 5.74) is 5.30. The number of hydrogen-bond donors (Lipinski definition) is 1. The molecule has 2 N–H and O–H groups in total. The second-order valence-electron chi connectivity index (χ2n) is 4.76. The van der Waals surface area contributed by atoms with Crippen molar-refractivity contribution in [3.63, 3.8) is 0 Å². The van der Waals surface area contributed by atoms with E-state index in [9.17, 15) is 13.6 Å². The molecular formula is C13H17ClF2N2O. The minimum atomic E-state index is -0.816. The topological polar surface area (TPSA) is 46.3 Å². The van der Waals surface area contributed by atoms with Crippen LogP contribution in [0.1, 0.15) is 23.7 Å². The lowest BCUT2D eigenvalue weighted by Crippen LogP contribution is -2.33. The number of halogens is 3. The minimum absolute atomic E-state index is 0. The average Bonchev–Trinajstić information content (AvgIpc) is 2.77. The normalized spacial score (nSPS) is 20.0. The maximum absolute atomic E-state index is 13.5. The lowest BCUT2D eigenvalue weighted by atomic mass is 10.0. The molecule has 3 nitrogen and oxygen atoms in total. The van der Waals surface area contributed by atoms with Gasteiger partial charge in [-0.3, -0.25) is 4.79 Å². The molecule has 1 saturated heterocycles. The van der Waals surface area contributed by atoms with E-state index in [1.54, 1.807) is 0 Å². The Kier molecular flexibility index (Phi) is 5.26. The van der Waals surface area contributed by atoms with Gasteiger partial charge in [0, 0.05) is 19.1 Å². The summed E-state index contributed by atoms with van der Waals surface area (Å²) >= 11 is 0. The zero-order valence-electron chi connectivity index (χ0n) is 10.6. The van der Waals surface area contributed by atoms with Gasteiger partial charge in [-0.15, -0.1) is 12.4 Å². The first kappa shape index (κ1) is 15.9. The second-order valence-corrected chi connectivity index (χ2v) is 4.76. The van der Waals surface area contributed by atoms with E-state index in [4.69, 9.17) is 5.73 Å². The molecule has 2 unspecified atom stereocenters. The first-order valence-corrected chi connectivity index (χ1v) is 5.99. The van der Waals surface area contributed by atoms with E-state index >= 15 is 0 Å². The van der Waals surface area contributed by atoms with Gasteiger partial charge in [-0.25, -0.2) is 8.78 Å². The Morgan fingerprint density at radius 3 is 2.47 bits per heavy atom. The van der Waals surface area contributed by atoms with E-state index in [2.05, 4.69) is 0 Å². The van der Waals surface area contributed by atoms with Crippen molar-refractivity contribution in [3.8, 4) is 0 Å². The number of hydrogen-bond acceptors (Lipinski definition) is 2. The summed E-state index contributed by atoms with van der Waals surface area (Å²) in [7, 11) is 0. The number of carbonyl (C=O) groups is 1. The maximum atomic E-state index is 13.5. The average molecular weight is 291 g/mol. The van der Waals surface area contributed by atoms with Crippen molar-refractivity contribution in [2.45, 2.75) is 19.4 Å². The highest BCUT2D eigenvalue weighted by atomic mass is 35.5. The Morgan fingerprint density at radius 1 is 1.42 bits per heavy atom. The van der Waals surface area contributed by atoms with E-state index in [-0.39, 0.29) is 24.4 Å². The quantitative estimate of drug-likeness (QED) is 0.907. The highest BCUT2D eigenvalue weighted by molar-refractivity contribution is 5.95. The molecule has 0 radical (unpaired) electrons. The molecule has 0 saturated carbocycles. The molecule has 0 aromatic heterocycles. The number of nitrogens with two attached hydrogens (primary N) is 1. The predicted molar refractivity (Wildman–Crippen MR) is 71.3 cm³/mol. The second kappa shape index (κ2) is 6.30. The van der Waals surface area contributed by atoms with Crippen molar-refractivity contribution in [2.75, 3.05) is 13.1 Å². The van der Waals surface area contributed by atoms with Crippen molar-refractivity contribution in [1.29, 1.82) is 0 Å². The largest absolute Gasteiger partial charge is 0.338 e. The van der Waals surface area contributed by atoms with Crippen LogP contribution in [0.4, 0.5) is 8.78 Å². The fourth-order valence-electron chi connectivity index (χ4n) is 2.26. The Morgan fingerprint density at radius 2 is 2.00 bits per heavy atom. The van der Waals surface area contributed by atoms with Crippen LogP contribution < -0.4 is 5.73 Å². The number of rotatable bonds is 2. The van der Waals surface area contributed by atoms with Crippen LogP contribution >= 0.6 is 12.4 Å². The smallest absolute Gasteiger partial charge is 0.259 e. The highest BCUT2D eigenvalue weighted by Gasteiger charge is 2.31. The fraction of sp³-hybridized carbons (Fsp3) is 0.462. The molecule has 1 fully saturated rings. The molecule has 1 aromatic rings. The van der Waals surface area contributed by atoms with Crippen LogP contribution in [-0.2, 0) is 0 Å². The Labute approximate surface area is 117 Å². The third-order valence-corrected chi connectivity index (χ3v) is 3.43. The van der Waals surface area contributed by atoms with E-state index in [1.807, 2.05) is 6.92 Å². The minimum Gasteiger partial charge on any atom is -0.338 e. The molecule has 0 bridgehead atoms. The summed E-state index contributed by atoms with van der Waals surface area (Å²) in [5.74, 6) is -2.02. The molecular weight excluding hydrogens is 274 g/mol. The Balaban J connectivity index is 0.00000180. The first-order valence-electron chi connectivity index (χ1n) is 5.99. The third kappa shape index (κ3) is 3.22. The number of likely N-dealkylation sites (tertiary alicyclic amines) is 1. The lowest BCUT2D eigenvalue weighted by molar-refractivity contribution is 0.0776. The molecule has 1 aliphatic heterocycles. The highest BCUT2D eigenvalue weighted by Crippen LogP contribution is 2.22. The van der Waals surface area contributed by atoms with Gasteiger partial charge in [0.25, 0.3) is 5.91 Å². The van der Waals surface area contributed by atoms with Gasteiger partial charge in [-0.05, 0) is 31.4 Å². The van der Waals surface area contributed by atoms with Crippen molar-refractivity contribution in [3.05, 3.63) is 35.4 Å². The molecule has 6 heteroatoms. The van der Waals surface area contributed by atoms with E-state index in [0.29, 0.717) is 13.1 Å². The summed E-state index contributed by atoms with van der Waals surface area (Å²) in [4.78, 5) is 13.5. The number of amides is 1. The zero-order valence-corrected chi connectivity index (χ0v) is 11.4. The van der Waals surface area contributed by atoms with Crippen molar-refractivity contribution in [2.24, 2.45) is 11.7 Å². The summed E-state index contributed by atoms with van der Waals surface area (Å²) in [6.45, 7) is 2.84. The number of benzene rings is 1. The van der Waals surface area contributed by atoms with Gasteiger partial charge in [-0.2, -0.15) is 0 Å². The van der Waals surface area contributed by atoms with Crippen LogP contribution in [0.15, 0.2) is 18.2 Å².